The van der Waals surface area contributed by atoms with Crippen molar-refractivity contribution in [2.45, 2.75) is 13.3 Å². The highest BCUT2D eigenvalue weighted by Gasteiger charge is 2.22. The SMILES string of the molecule is CCC(=C(c1ccc(OCCN2CC(c3ccccc3)=CC2=O)cc1)c1ccc2[nH]ncc2c1)c1ccccc1. The summed E-state index contributed by atoms with van der Waals surface area (Å²) in [6, 6.07) is 35.3. The van der Waals surface area contributed by atoms with E-state index in [2.05, 4.69) is 71.7 Å². The Labute approximate surface area is 234 Å². The van der Waals surface area contributed by atoms with E-state index in [4.69, 9.17) is 4.74 Å². The van der Waals surface area contributed by atoms with E-state index in [-0.39, 0.29) is 5.91 Å². The smallest absolute Gasteiger partial charge is 0.247 e. The molecule has 6 rings (SSSR count). The van der Waals surface area contributed by atoms with Gasteiger partial charge in [0, 0.05) is 18.0 Å². The van der Waals surface area contributed by atoms with Gasteiger partial charge >= 0.3 is 0 Å². The van der Waals surface area contributed by atoms with Gasteiger partial charge in [-0.1, -0.05) is 85.8 Å². The van der Waals surface area contributed by atoms with E-state index < -0.39 is 0 Å². The molecule has 1 aliphatic heterocycles. The number of rotatable bonds is 9. The molecule has 0 unspecified atom stereocenters. The first-order valence-electron chi connectivity index (χ1n) is 13.7. The Bertz CT molecular complexity index is 1680. The first-order chi connectivity index (χ1) is 19.7. The number of hydrogen-bond acceptors (Lipinski definition) is 3. The number of carbonyl (C=O) groups excluding carboxylic acids is 1. The number of carbonyl (C=O) groups is 1. The van der Waals surface area contributed by atoms with Crippen molar-refractivity contribution < 1.29 is 9.53 Å². The van der Waals surface area contributed by atoms with Gasteiger partial charge < -0.3 is 9.64 Å². The molecule has 1 aromatic heterocycles. The molecule has 0 spiro atoms. The van der Waals surface area contributed by atoms with Crippen LogP contribution in [0.1, 0.15) is 35.6 Å². The fourth-order valence-corrected chi connectivity index (χ4v) is 5.36. The largest absolute Gasteiger partial charge is 0.492 e. The number of nitrogens with one attached hydrogen (secondary N) is 1. The molecule has 0 atom stereocenters. The van der Waals surface area contributed by atoms with Crippen molar-refractivity contribution in [1.29, 1.82) is 0 Å². The number of aromatic nitrogens is 2. The van der Waals surface area contributed by atoms with E-state index in [0.29, 0.717) is 19.7 Å². The fourth-order valence-electron chi connectivity index (χ4n) is 5.36. The molecule has 0 saturated heterocycles. The molecule has 4 aromatic carbocycles. The number of hydrogen-bond donors (Lipinski definition) is 1. The van der Waals surface area contributed by atoms with E-state index >= 15 is 0 Å². The molecule has 40 heavy (non-hydrogen) atoms. The van der Waals surface area contributed by atoms with Crippen LogP contribution in [0.15, 0.2) is 115 Å². The zero-order valence-corrected chi connectivity index (χ0v) is 22.5. The van der Waals surface area contributed by atoms with Gasteiger partial charge in [0.25, 0.3) is 0 Å². The number of fused-ring (bicyclic) bond motifs is 1. The molecule has 5 nitrogen and oxygen atoms in total. The number of H-pyrrole nitrogens is 1. The number of nitrogens with zero attached hydrogens (tertiary/aromatic N) is 2. The Hall–Kier alpha value is -4.90. The van der Waals surface area contributed by atoms with Crippen LogP contribution in [0.3, 0.4) is 0 Å². The van der Waals surface area contributed by atoms with Crippen LogP contribution in [0.4, 0.5) is 0 Å². The zero-order valence-electron chi connectivity index (χ0n) is 22.5. The zero-order chi connectivity index (χ0) is 27.3. The quantitative estimate of drug-likeness (QED) is 0.206. The van der Waals surface area contributed by atoms with Crippen molar-refractivity contribution >= 4 is 33.5 Å². The van der Waals surface area contributed by atoms with Crippen molar-refractivity contribution in [1.82, 2.24) is 15.1 Å². The molecule has 5 aromatic rings. The normalized spacial score (nSPS) is 13.9. The van der Waals surface area contributed by atoms with Crippen LogP contribution >= 0.6 is 0 Å². The van der Waals surface area contributed by atoms with Crippen molar-refractivity contribution in [3.05, 3.63) is 138 Å². The van der Waals surface area contributed by atoms with Crippen LogP contribution in [-0.2, 0) is 4.79 Å². The molecule has 0 aliphatic carbocycles. The van der Waals surface area contributed by atoms with Crippen molar-refractivity contribution in [2.75, 3.05) is 19.7 Å². The molecule has 1 amide bonds. The fraction of sp³-hybridized carbons (Fsp3) is 0.143. The molecule has 0 bridgehead atoms. The molecule has 0 radical (unpaired) electrons. The van der Waals surface area contributed by atoms with Gasteiger partial charge in [-0.3, -0.25) is 9.89 Å². The van der Waals surface area contributed by atoms with Crippen LogP contribution in [0.25, 0.3) is 27.6 Å². The third kappa shape index (κ3) is 5.32. The molecule has 5 heteroatoms. The van der Waals surface area contributed by atoms with Crippen molar-refractivity contribution in [2.24, 2.45) is 0 Å². The van der Waals surface area contributed by atoms with Crippen molar-refractivity contribution in [3.63, 3.8) is 0 Å². The summed E-state index contributed by atoms with van der Waals surface area (Å²) in [6.45, 7) is 3.79. The van der Waals surface area contributed by atoms with Gasteiger partial charge in [-0.2, -0.15) is 5.10 Å². The number of benzene rings is 4. The number of amides is 1. The minimum Gasteiger partial charge on any atom is -0.492 e. The van der Waals surface area contributed by atoms with Crippen LogP contribution in [-0.4, -0.2) is 40.7 Å². The lowest BCUT2D eigenvalue weighted by Gasteiger charge is -2.18. The summed E-state index contributed by atoms with van der Waals surface area (Å²) in [6.07, 6.45) is 4.49. The maximum absolute atomic E-state index is 12.5. The lowest BCUT2D eigenvalue weighted by Crippen LogP contribution is -2.30. The van der Waals surface area contributed by atoms with E-state index in [1.165, 1.54) is 16.7 Å². The molecule has 1 N–H and O–H groups in total. The highest BCUT2D eigenvalue weighted by Crippen LogP contribution is 2.36. The lowest BCUT2D eigenvalue weighted by molar-refractivity contribution is -0.124. The maximum Gasteiger partial charge on any atom is 0.247 e. The molecule has 198 valence electrons. The highest BCUT2D eigenvalue weighted by atomic mass is 16.5. The predicted octanol–water partition coefficient (Wildman–Crippen LogP) is 7.24. The van der Waals surface area contributed by atoms with Gasteiger partial charge in [0.1, 0.15) is 12.4 Å². The van der Waals surface area contributed by atoms with Gasteiger partial charge in [0.2, 0.25) is 5.91 Å². The second kappa shape index (κ2) is 11.5. The summed E-state index contributed by atoms with van der Waals surface area (Å²) in [7, 11) is 0. The van der Waals surface area contributed by atoms with Gasteiger partial charge in [0.15, 0.2) is 0 Å². The maximum atomic E-state index is 12.5. The summed E-state index contributed by atoms with van der Waals surface area (Å²) < 4.78 is 6.07. The Kier molecular flexibility index (Phi) is 7.27. The van der Waals surface area contributed by atoms with Crippen LogP contribution in [0, 0.1) is 0 Å². The van der Waals surface area contributed by atoms with Gasteiger partial charge in [-0.25, -0.2) is 0 Å². The molecule has 2 heterocycles. The Morgan fingerprint density at radius 2 is 1.60 bits per heavy atom. The molecule has 0 fully saturated rings. The average molecular weight is 526 g/mol. The number of aromatic amines is 1. The standard InChI is InChI=1S/C35H31N3O2/c1-2-32(26-11-7-4-8-12-26)35(28-15-18-33-29(21-28)23-36-37-33)27-13-16-31(17-14-27)40-20-19-38-24-30(22-34(38)39)25-9-5-3-6-10-25/h3-18,21-23H,2,19-20,24H2,1H3,(H,36,37). The van der Waals surface area contributed by atoms with E-state index in [1.54, 1.807) is 6.08 Å². The van der Waals surface area contributed by atoms with Gasteiger partial charge in [0.05, 0.1) is 18.3 Å². The third-order valence-electron chi connectivity index (χ3n) is 7.39. The van der Waals surface area contributed by atoms with Crippen LogP contribution < -0.4 is 4.74 Å². The predicted molar refractivity (Wildman–Crippen MR) is 162 cm³/mol. The van der Waals surface area contributed by atoms with Crippen molar-refractivity contribution in [3.8, 4) is 5.75 Å². The minimum atomic E-state index is 0.0372. The lowest BCUT2D eigenvalue weighted by atomic mass is 9.88. The molecule has 0 saturated carbocycles. The van der Waals surface area contributed by atoms with Gasteiger partial charge in [-0.15, -0.1) is 0 Å². The molecular formula is C35H31N3O2. The average Bonchev–Trinajstić information content (AvgIpc) is 3.63. The Morgan fingerprint density at radius 3 is 2.35 bits per heavy atom. The summed E-state index contributed by atoms with van der Waals surface area (Å²) >= 11 is 0. The molecule has 1 aliphatic rings. The van der Waals surface area contributed by atoms with Gasteiger partial charge in [-0.05, 0) is 69.7 Å². The van der Waals surface area contributed by atoms with E-state index in [1.807, 2.05) is 59.6 Å². The monoisotopic (exact) mass is 525 g/mol. The second-order valence-corrected chi connectivity index (χ2v) is 9.91. The number of ether oxygens (including phenoxy) is 1. The van der Waals surface area contributed by atoms with E-state index in [9.17, 15) is 4.79 Å². The topological polar surface area (TPSA) is 58.2 Å². The Balaban J connectivity index is 1.20. The second-order valence-electron chi connectivity index (χ2n) is 9.91. The highest BCUT2D eigenvalue weighted by molar-refractivity contribution is 6.01. The summed E-state index contributed by atoms with van der Waals surface area (Å²) in [4.78, 5) is 14.3. The van der Waals surface area contributed by atoms with Crippen LogP contribution in [0.2, 0.25) is 0 Å². The Morgan fingerprint density at radius 1 is 0.875 bits per heavy atom. The number of allylic oxidation sites excluding steroid dienone is 1. The molecular weight excluding hydrogens is 494 g/mol. The third-order valence-corrected chi connectivity index (χ3v) is 7.39. The summed E-state index contributed by atoms with van der Waals surface area (Å²) in [5.41, 5.74) is 9.14. The first kappa shape index (κ1) is 25.4. The summed E-state index contributed by atoms with van der Waals surface area (Å²) in [5.74, 6) is 0.823. The minimum absolute atomic E-state index is 0.0372. The van der Waals surface area contributed by atoms with Crippen LogP contribution in [0.5, 0.6) is 5.75 Å². The van der Waals surface area contributed by atoms with E-state index in [0.717, 1.165) is 45.3 Å². The first-order valence-corrected chi connectivity index (χ1v) is 13.7. The summed E-state index contributed by atoms with van der Waals surface area (Å²) in [5, 5.41) is 8.34.